The predicted octanol–water partition coefficient (Wildman–Crippen LogP) is 6.87. The van der Waals surface area contributed by atoms with Crippen LogP contribution in [-0.2, 0) is 35.1 Å². The molecule has 6 rings (SSSR count). The van der Waals surface area contributed by atoms with Gasteiger partial charge in [-0.1, -0.05) is 25.1 Å². The molecule has 4 amide bonds. The molecule has 63 heavy (non-hydrogen) atoms. The van der Waals surface area contributed by atoms with Crippen LogP contribution in [0.1, 0.15) is 76.8 Å². The van der Waals surface area contributed by atoms with Crippen LogP contribution < -0.4 is 23.7 Å². The van der Waals surface area contributed by atoms with E-state index in [1.54, 1.807) is 59.3 Å². The van der Waals surface area contributed by atoms with Crippen LogP contribution >= 0.6 is 0 Å². The Hall–Kier alpha value is -5.38. The van der Waals surface area contributed by atoms with Crippen molar-refractivity contribution in [2.24, 2.45) is 5.92 Å². The summed E-state index contributed by atoms with van der Waals surface area (Å²) in [7, 11) is 3.24. The summed E-state index contributed by atoms with van der Waals surface area (Å²) in [4.78, 5) is 55.7. The number of fused-ring (bicyclic) bond motifs is 1. The minimum absolute atomic E-state index is 0.0763. The van der Waals surface area contributed by atoms with Crippen LogP contribution in [0.5, 0.6) is 28.7 Å². The smallest absolute Gasteiger partial charge is 0.424 e. The minimum Gasteiger partial charge on any atom is -0.493 e. The summed E-state index contributed by atoms with van der Waals surface area (Å²) >= 11 is 0. The van der Waals surface area contributed by atoms with Crippen molar-refractivity contribution in [1.82, 2.24) is 14.7 Å². The first-order chi connectivity index (χ1) is 30.4. The number of nitrogens with zero attached hydrogens (tertiary/aromatic N) is 3. The first-order valence-electron chi connectivity index (χ1n) is 22.0. The van der Waals surface area contributed by atoms with Gasteiger partial charge >= 0.3 is 6.09 Å². The van der Waals surface area contributed by atoms with E-state index in [2.05, 4.69) is 11.0 Å². The summed E-state index contributed by atoms with van der Waals surface area (Å²) in [5, 5.41) is 0. The number of amides is 4. The first-order valence-corrected chi connectivity index (χ1v) is 22.0. The number of hydrogen-bond donors (Lipinski definition) is 0. The Morgan fingerprint density at radius 1 is 0.810 bits per heavy atom. The molecule has 0 bridgehead atoms. The van der Waals surface area contributed by atoms with Gasteiger partial charge in [-0.15, -0.1) is 0 Å². The SMILES string of the molecule is CCC(=O)N1CCOc2c(cc(-c3ccc(OC)c(OC)c3)cc2OCC2CCCN(CCOCCOCCOc3ccc(C4CCC(=O)N(C(=O)OC(C)(C)C)C4=O)cc3)C2)C1. The number of likely N-dealkylation sites (tertiary alicyclic amines) is 2. The normalized spacial score (nSPS) is 18.3. The monoisotopic (exact) mass is 873 g/mol. The molecule has 0 N–H and O–H groups in total. The fourth-order valence-corrected chi connectivity index (χ4v) is 8.03. The van der Waals surface area contributed by atoms with Gasteiger partial charge < -0.3 is 47.7 Å². The summed E-state index contributed by atoms with van der Waals surface area (Å²) < 4.78 is 46.7. The lowest BCUT2D eigenvalue weighted by Crippen LogP contribution is -2.49. The topological polar surface area (TPSA) is 152 Å². The Morgan fingerprint density at radius 3 is 2.27 bits per heavy atom. The van der Waals surface area contributed by atoms with Gasteiger partial charge in [0, 0.05) is 44.0 Å². The van der Waals surface area contributed by atoms with Crippen LogP contribution in [0.15, 0.2) is 54.6 Å². The number of imide groups is 3. The quantitative estimate of drug-likeness (QED) is 0.0967. The van der Waals surface area contributed by atoms with Gasteiger partial charge in [-0.25, -0.2) is 4.79 Å². The van der Waals surface area contributed by atoms with Gasteiger partial charge in [-0.05, 0) is 99.7 Å². The number of piperidine rings is 2. The zero-order valence-electron chi connectivity index (χ0n) is 37.6. The first kappa shape index (κ1) is 47.1. The molecule has 3 aliphatic rings. The molecule has 2 atom stereocenters. The third kappa shape index (κ3) is 12.9. The van der Waals surface area contributed by atoms with Crippen molar-refractivity contribution in [2.75, 3.05) is 86.6 Å². The van der Waals surface area contributed by atoms with E-state index in [1.807, 2.05) is 36.1 Å². The minimum atomic E-state index is -0.941. The van der Waals surface area contributed by atoms with Crippen LogP contribution in [0.4, 0.5) is 4.79 Å². The molecule has 2 unspecified atom stereocenters. The number of hydrogen-bond acceptors (Lipinski definition) is 13. The summed E-state index contributed by atoms with van der Waals surface area (Å²) in [6.45, 7) is 13.8. The van der Waals surface area contributed by atoms with Crippen LogP contribution in [0.3, 0.4) is 0 Å². The van der Waals surface area contributed by atoms with Crippen molar-refractivity contribution in [1.29, 1.82) is 0 Å². The van der Waals surface area contributed by atoms with Crippen LogP contribution in [0.2, 0.25) is 0 Å². The molecule has 3 aromatic rings. The number of ether oxygens (including phenoxy) is 8. The number of methoxy groups -OCH3 is 2. The molecule has 342 valence electrons. The predicted molar refractivity (Wildman–Crippen MR) is 234 cm³/mol. The maximum Gasteiger partial charge on any atom is 0.424 e. The maximum atomic E-state index is 13.1. The van der Waals surface area contributed by atoms with E-state index in [1.165, 1.54) is 0 Å². The van der Waals surface area contributed by atoms with Gasteiger partial charge in [0.15, 0.2) is 23.0 Å². The van der Waals surface area contributed by atoms with Gasteiger partial charge in [0.05, 0.1) is 59.7 Å². The molecule has 3 heterocycles. The van der Waals surface area contributed by atoms with Crippen LogP contribution in [0.25, 0.3) is 11.1 Å². The van der Waals surface area contributed by atoms with Crippen molar-refractivity contribution in [3.05, 3.63) is 65.7 Å². The highest BCUT2D eigenvalue weighted by atomic mass is 16.6. The standard InChI is InChI=1S/C48H63N3O12/c1-7-43(52)50-20-22-61-45-37(31-50)27-36(35-12-16-40(56-5)41(28-35)57-6)29-42(45)62-32-33-9-8-18-49(30-33)19-21-58-23-24-59-25-26-60-38-13-10-34(11-14-38)39-15-17-44(53)51(46(39)54)47(55)63-48(2,3)4/h10-14,16,27-29,33,39H,7-9,15,17-26,30-32H2,1-6H3. The maximum absolute atomic E-state index is 13.1. The van der Waals surface area contributed by atoms with Gasteiger partial charge in [0.1, 0.15) is 24.6 Å². The summed E-state index contributed by atoms with van der Waals surface area (Å²) in [6.07, 6.45) is 2.02. The van der Waals surface area contributed by atoms with Crippen molar-refractivity contribution in [3.8, 4) is 39.9 Å². The van der Waals surface area contributed by atoms with Gasteiger partial charge in [-0.3, -0.25) is 14.4 Å². The zero-order chi connectivity index (χ0) is 44.9. The molecule has 15 heteroatoms. The highest BCUT2D eigenvalue weighted by Gasteiger charge is 2.41. The molecule has 2 saturated heterocycles. The Labute approximate surface area is 370 Å². The fourth-order valence-electron chi connectivity index (χ4n) is 8.03. The average Bonchev–Trinajstić information content (AvgIpc) is 3.50. The molecule has 0 spiro atoms. The molecule has 3 aromatic carbocycles. The third-order valence-electron chi connectivity index (χ3n) is 11.2. The molecule has 0 aromatic heterocycles. The van der Waals surface area contributed by atoms with E-state index in [0.29, 0.717) is 117 Å². The Balaban J connectivity index is 0.911. The van der Waals surface area contributed by atoms with E-state index < -0.39 is 29.4 Å². The summed E-state index contributed by atoms with van der Waals surface area (Å²) in [5.74, 6) is 1.93. The highest BCUT2D eigenvalue weighted by molar-refractivity contribution is 6.12. The van der Waals surface area contributed by atoms with Gasteiger partial charge in [-0.2, -0.15) is 4.90 Å². The number of carbonyl (C=O) groups excluding carboxylic acids is 4. The molecular weight excluding hydrogens is 811 g/mol. The number of rotatable bonds is 18. The Kier molecular flexibility index (Phi) is 16.7. The fraction of sp³-hybridized carbons (Fsp3) is 0.542. The molecule has 3 aliphatic heterocycles. The Morgan fingerprint density at radius 2 is 1.54 bits per heavy atom. The van der Waals surface area contributed by atoms with E-state index in [0.717, 1.165) is 49.2 Å². The molecule has 0 saturated carbocycles. The second kappa shape index (κ2) is 22.3. The summed E-state index contributed by atoms with van der Waals surface area (Å²) in [6, 6.07) is 17.0. The van der Waals surface area contributed by atoms with Crippen molar-refractivity contribution < 1.29 is 57.1 Å². The van der Waals surface area contributed by atoms with E-state index in [9.17, 15) is 19.2 Å². The van der Waals surface area contributed by atoms with E-state index >= 15 is 0 Å². The number of carbonyl (C=O) groups is 4. The van der Waals surface area contributed by atoms with Crippen LogP contribution in [-0.4, -0.2) is 131 Å². The third-order valence-corrected chi connectivity index (χ3v) is 11.2. The second-order valence-corrected chi connectivity index (χ2v) is 17.0. The molecule has 15 nitrogen and oxygen atoms in total. The van der Waals surface area contributed by atoms with Crippen molar-refractivity contribution in [3.63, 3.8) is 0 Å². The van der Waals surface area contributed by atoms with E-state index in [-0.39, 0.29) is 12.3 Å². The van der Waals surface area contributed by atoms with Gasteiger partial charge in [0.2, 0.25) is 17.7 Å². The lowest BCUT2D eigenvalue weighted by molar-refractivity contribution is -0.147. The largest absolute Gasteiger partial charge is 0.493 e. The van der Waals surface area contributed by atoms with Crippen molar-refractivity contribution in [2.45, 2.75) is 77.9 Å². The average molecular weight is 874 g/mol. The van der Waals surface area contributed by atoms with E-state index in [4.69, 9.17) is 37.9 Å². The lowest BCUT2D eigenvalue weighted by Gasteiger charge is -2.32. The molecule has 2 fully saturated rings. The Bertz CT molecular complexity index is 2030. The molecule has 0 radical (unpaired) electrons. The van der Waals surface area contributed by atoms with Crippen LogP contribution in [0, 0.1) is 5.92 Å². The van der Waals surface area contributed by atoms with Gasteiger partial charge in [0.25, 0.3) is 0 Å². The molecular formula is C48H63N3O12. The number of benzene rings is 3. The second-order valence-electron chi connectivity index (χ2n) is 17.0. The summed E-state index contributed by atoms with van der Waals surface area (Å²) in [5.41, 5.74) is 2.66. The van der Waals surface area contributed by atoms with Crippen molar-refractivity contribution >= 4 is 23.8 Å². The lowest BCUT2D eigenvalue weighted by atomic mass is 9.89. The molecule has 0 aliphatic carbocycles. The zero-order valence-corrected chi connectivity index (χ0v) is 37.6. The highest BCUT2D eigenvalue weighted by Crippen LogP contribution is 2.41.